The molecule has 0 N–H and O–H groups in total. The maximum atomic E-state index is 13.2. The lowest BCUT2D eigenvalue weighted by Crippen LogP contribution is -2.26. The van der Waals surface area contributed by atoms with E-state index in [1.54, 1.807) is 51.1 Å². The van der Waals surface area contributed by atoms with Crippen LogP contribution in [0.1, 0.15) is 19.6 Å². The van der Waals surface area contributed by atoms with Crippen molar-refractivity contribution < 1.29 is 28.2 Å². The van der Waals surface area contributed by atoms with Gasteiger partial charge in [-0.25, -0.2) is 4.79 Å². The van der Waals surface area contributed by atoms with E-state index in [0.717, 1.165) is 0 Å². The Morgan fingerprint density at radius 2 is 1.87 bits per heavy atom. The maximum absolute atomic E-state index is 13.2. The molecule has 30 heavy (non-hydrogen) atoms. The van der Waals surface area contributed by atoms with Crippen molar-refractivity contribution >= 4 is 16.9 Å². The Hall–Kier alpha value is -3.48. The monoisotopic (exact) mass is 410 g/mol. The number of aryl methyl sites for hydroxylation is 1. The number of benzene rings is 2. The zero-order valence-corrected chi connectivity index (χ0v) is 17.0. The topological polar surface area (TPSA) is 84.2 Å². The van der Waals surface area contributed by atoms with Gasteiger partial charge in [0.2, 0.25) is 5.43 Å². The summed E-state index contributed by atoms with van der Waals surface area (Å²) in [4.78, 5) is 25.0. The van der Waals surface area contributed by atoms with Gasteiger partial charge < -0.3 is 23.4 Å². The minimum atomic E-state index is -0.771. The molecule has 0 bridgehead atoms. The number of hydrogen-bond donors (Lipinski definition) is 0. The summed E-state index contributed by atoms with van der Waals surface area (Å²) in [6.07, 6.45) is -0.771. The van der Waals surface area contributed by atoms with Crippen LogP contribution in [0.3, 0.4) is 0 Å². The molecule has 4 rings (SSSR count). The van der Waals surface area contributed by atoms with E-state index in [2.05, 4.69) is 0 Å². The number of esters is 1. The summed E-state index contributed by atoms with van der Waals surface area (Å²) < 4.78 is 27.7. The molecule has 2 aromatic carbocycles. The van der Waals surface area contributed by atoms with Gasteiger partial charge in [-0.3, -0.25) is 4.79 Å². The van der Waals surface area contributed by atoms with Crippen molar-refractivity contribution in [2.75, 3.05) is 19.8 Å². The van der Waals surface area contributed by atoms with Crippen LogP contribution in [0.5, 0.6) is 17.2 Å². The summed E-state index contributed by atoms with van der Waals surface area (Å²) in [6, 6.07) is 10.3. The molecule has 0 radical (unpaired) electrons. The first-order valence-corrected chi connectivity index (χ1v) is 9.78. The van der Waals surface area contributed by atoms with E-state index in [1.807, 2.05) is 6.07 Å². The van der Waals surface area contributed by atoms with Crippen LogP contribution in [0.15, 0.2) is 45.6 Å². The molecule has 1 atom stereocenters. The van der Waals surface area contributed by atoms with Crippen molar-refractivity contribution in [3.05, 3.63) is 52.4 Å². The lowest BCUT2D eigenvalue weighted by molar-refractivity contribution is -0.150. The summed E-state index contributed by atoms with van der Waals surface area (Å²) >= 11 is 0. The normalized spacial score (nSPS) is 13.7. The third-order valence-electron chi connectivity index (χ3n) is 4.80. The largest absolute Gasteiger partial charge is 0.486 e. The van der Waals surface area contributed by atoms with Gasteiger partial charge in [-0.05, 0) is 50.6 Å². The fourth-order valence-electron chi connectivity index (χ4n) is 3.40. The van der Waals surface area contributed by atoms with E-state index < -0.39 is 12.1 Å². The number of hydrogen-bond acceptors (Lipinski definition) is 7. The fourth-order valence-corrected chi connectivity index (χ4v) is 3.40. The Bertz CT molecular complexity index is 1160. The molecule has 3 aromatic rings. The highest BCUT2D eigenvalue weighted by Crippen LogP contribution is 2.35. The second-order valence-electron chi connectivity index (χ2n) is 6.89. The van der Waals surface area contributed by atoms with Gasteiger partial charge in [0.05, 0.1) is 17.6 Å². The first-order valence-electron chi connectivity index (χ1n) is 9.78. The third kappa shape index (κ3) is 3.70. The summed E-state index contributed by atoms with van der Waals surface area (Å²) in [5.74, 6) is 1.70. The second kappa shape index (κ2) is 8.10. The summed E-state index contributed by atoms with van der Waals surface area (Å²) in [5, 5.41) is 0.418. The Morgan fingerprint density at radius 1 is 1.10 bits per heavy atom. The van der Waals surface area contributed by atoms with Crippen molar-refractivity contribution in [2.24, 2.45) is 0 Å². The molecule has 0 amide bonds. The van der Waals surface area contributed by atoms with Crippen molar-refractivity contribution in [3.8, 4) is 28.4 Å². The average Bonchev–Trinajstić information content (AvgIpc) is 2.73. The summed E-state index contributed by atoms with van der Waals surface area (Å²) in [5.41, 5.74) is 1.39. The predicted molar refractivity (Wildman–Crippen MR) is 110 cm³/mol. The molecule has 2 heterocycles. The van der Waals surface area contributed by atoms with E-state index in [4.69, 9.17) is 23.4 Å². The van der Waals surface area contributed by atoms with E-state index >= 15 is 0 Å². The molecular weight excluding hydrogens is 388 g/mol. The molecule has 1 aliphatic heterocycles. The van der Waals surface area contributed by atoms with E-state index in [0.29, 0.717) is 58.3 Å². The molecule has 1 aliphatic rings. The number of fused-ring (bicyclic) bond motifs is 2. The van der Waals surface area contributed by atoms with Gasteiger partial charge >= 0.3 is 5.97 Å². The van der Waals surface area contributed by atoms with Gasteiger partial charge in [-0.1, -0.05) is 6.07 Å². The molecule has 0 fully saturated rings. The van der Waals surface area contributed by atoms with Crippen molar-refractivity contribution in [1.82, 2.24) is 0 Å². The molecule has 0 aliphatic carbocycles. The quantitative estimate of drug-likeness (QED) is 0.590. The first-order chi connectivity index (χ1) is 14.5. The molecule has 156 valence electrons. The SMILES string of the molecule is CCOC(=O)C(C)Oc1ccc2c(=O)c(-c3ccc4c(c3)OCCO4)c(C)oc2c1. The highest BCUT2D eigenvalue weighted by molar-refractivity contribution is 5.84. The van der Waals surface area contributed by atoms with Crippen LogP contribution in [0.25, 0.3) is 22.1 Å². The van der Waals surface area contributed by atoms with Crippen LogP contribution in [0, 0.1) is 6.92 Å². The van der Waals surface area contributed by atoms with Gasteiger partial charge in [0.15, 0.2) is 17.6 Å². The van der Waals surface area contributed by atoms with E-state index in [-0.39, 0.29) is 12.0 Å². The Balaban J connectivity index is 1.70. The Labute approximate surface area is 173 Å². The smallest absolute Gasteiger partial charge is 0.347 e. The molecule has 7 nitrogen and oxygen atoms in total. The fraction of sp³-hybridized carbons (Fsp3) is 0.304. The molecule has 1 unspecified atom stereocenters. The zero-order chi connectivity index (χ0) is 21.3. The lowest BCUT2D eigenvalue weighted by Gasteiger charge is -2.19. The molecule has 0 saturated carbocycles. The van der Waals surface area contributed by atoms with Gasteiger partial charge in [0, 0.05) is 6.07 Å². The lowest BCUT2D eigenvalue weighted by atomic mass is 10.0. The van der Waals surface area contributed by atoms with Gasteiger partial charge in [0.1, 0.15) is 30.3 Å². The van der Waals surface area contributed by atoms with Gasteiger partial charge in [-0.15, -0.1) is 0 Å². The maximum Gasteiger partial charge on any atom is 0.347 e. The highest BCUT2D eigenvalue weighted by atomic mass is 16.6. The Morgan fingerprint density at radius 3 is 2.63 bits per heavy atom. The molecular formula is C23H22O7. The summed E-state index contributed by atoms with van der Waals surface area (Å²) in [7, 11) is 0. The van der Waals surface area contributed by atoms with Crippen LogP contribution in [-0.2, 0) is 9.53 Å². The number of carbonyl (C=O) groups excluding carboxylic acids is 1. The van der Waals surface area contributed by atoms with Crippen molar-refractivity contribution in [1.29, 1.82) is 0 Å². The van der Waals surface area contributed by atoms with Crippen molar-refractivity contribution in [3.63, 3.8) is 0 Å². The van der Waals surface area contributed by atoms with Crippen LogP contribution in [0.2, 0.25) is 0 Å². The second-order valence-corrected chi connectivity index (χ2v) is 6.89. The van der Waals surface area contributed by atoms with Crippen LogP contribution in [0.4, 0.5) is 0 Å². The van der Waals surface area contributed by atoms with E-state index in [9.17, 15) is 9.59 Å². The molecule has 1 aromatic heterocycles. The van der Waals surface area contributed by atoms with Crippen LogP contribution >= 0.6 is 0 Å². The first kappa shape index (κ1) is 19.8. The van der Waals surface area contributed by atoms with Crippen molar-refractivity contribution in [2.45, 2.75) is 26.9 Å². The van der Waals surface area contributed by atoms with Gasteiger partial charge in [-0.2, -0.15) is 0 Å². The molecule has 7 heteroatoms. The van der Waals surface area contributed by atoms with E-state index in [1.165, 1.54) is 0 Å². The number of carbonyl (C=O) groups is 1. The third-order valence-corrected chi connectivity index (χ3v) is 4.80. The van der Waals surface area contributed by atoms with Gasteiger partial charge in [0.25, 0.3) is 0 Å². The van der Waals surface area contributed by atoms with Crippen LogP contribution in [-0.4, -0.2) is 31.9 Å². The number of rotatable bonds is 5. The summed E-state index contributed by atoms with van der Waals surface area (Å²) in [6.45, 7) is 6.33. The van der Waals surface area contributed by atoms with Crippen LogP contribution < -0.4 is 19.6 Å². The standard InChI is InChI=1S/C23H22O7/c1-4-26-23(25)14(3)29-16-6-7-17-19(12-16)30-13(2)21(22(17)24)15-5-8-18-20(11-15)28-10-9-27-18/h5-8,11-12,14H,4,9-10H2,1-3H3. The zero-order valence-electron chi connectivity index (χ0n) is 17.0. The molecule has 0 spiro atoms. The minimum Gasteiger partial charge on any atom is -0.486 e. The minimum absolute atomic E-state index is 0.157. The highest BCUT2D eigenvalue weighted by Gasteiger charge is 2.19. The predicted octanol–water partition coefficient (Wildman–Crippen LogP) is 3.87. The number of ether oxygens (including phenoxy) is 4. The Kier molecular flexibility index (Phi) is 5.35. The average molecular weight is 410 g/mol. The molecule has 0 saturated heterocycles.